The molecule has 3 rings (SSSR count). The van der Waals surface area contributed by atoms with Crippen LogP contribution in [-0.2, 0) is 6.61 Å². The van der Waals surface area contributed by atoms with Gasteiger partial charge in [0.05, 0.1) is 22.3 Å². The smallest absolute Gasteiger partial charge is 0.140 e. The molecule has 0 aliphatic carbocycles. The van der Waals surface area contributed by atoms with Crippen LogP contribution in [0, 0.1) is 11.3 Å². The molecule has 0 saturated heterocycles. The summed E-state index contributed by atoms with van der Waals surface area (Å²) in [5, 5.41) is 18.9. The average molecular weight is 343 g/mol. The SMILES string of the molecule is N#Cc1cc(Br)ccc1-n1c(CO)nc2cc(N)ccc21. The molecular weight excluding hydrogens is 332 g/mol. The van der Waals surface area contributed by atoms with Crippen LogP contribution < -0.4 is 5.73 Å². The van der Waals surface area contributed by atoms with Gasteiger partial charge in [0.15, 0.2) is 0 Å². The first-order valence-corrected chi connectivity index (χ1v) is 7.01. The van der Waals surface area contributed by atoms with Crippen LogP contribution in [0.2, 0.25) is 0 Å². The Morgan fingerprint density at radius 3 is 2.81 bits per heavy atom. The van der Waals surface area contributed by atoms with Gasteiger partial charge >= 0.3 is 0 Å². The van der Waals surface area contributed by atoms with Gasteiger partial charge in [-0.3, -0.25) is 4.57 Å². The Bertz CT molecular complexity index is 879. The van der Waals surface area contributed by atoms with E-state index in [9.17, 15) is 10.4 Å². The van der Waals surface area contributed by atoms with Crippen molar-refractivity contribution in [2.24, 2.45) is 0 Å². The number of nitrogens with two attached hydrogens (primary N) is 1. The maximum Gasteiger partial charge on any atom is 0.140 e. The number of halogens is 1. The van der Waals surface area contributed by atoms with Crippen LogP contribution in [-0.4, -0.2) is 14.7 Å². The number of nitrogen functional groups attached to an aromatic ring is 1. The van der Waals surface area contributed by atoms with E-state index in [2.05, 4.69) is 27.0 Å². The molecule has 3 N–H and O–H groups in total. The summed E-state index contributed by atoms with van der Waals surface area (Å²) in [6.45, 7) is -0.227. The van der Waals surface area contributed by atoms with Crippen molar-refractivity contribution in [1.29, 1.82) is 5.26 Å². The molecular formula is C15H11BrN4O. The molecule has 0 bridgehead atoms. The Labute approximate surface area is 129 Å². The van der Waals surface area contributed by atoms with E-state index >= 15 is 0 Å². The molecule has 5 nitrogen and oxygen atoms in total. The van der Waals surface area contributed by atoms with E-state index in [0.29, 0.717) is 28.3 Å². The van der Waals surface area contributed by atoms with Crippen LogP contribution in [0.3, 0.4) is 0 Å². The number of hydrogen-bond donors (Lipinski definition) is 2. The molecule has 3 aromatic rings. The maximum absolute atomic E-state index is 9.56. The highest BCUT2D eigenvalue weighted by molar-refractivity contribution is 9.10. The van der Waals surface area contributed by atoms with E-state index in [0.717, 1.165) is 9.99 Å². The van der Waals surface area contributed by atoms with E-state index in [1.165, 1.54) is 0 Å². The van der Waals surface area contributed by atoms with Crippen LogP contribution >= 0.6 is 15.9 Å². The van der Waals surface area contributed by atoms with Gasteiger partial charge in [-0.15, -0.1) is 0 Å². The number of fused-ring (bicyclic) bond motifs is 1. The third-order valence-electron chi connectivity index (χ3n) is 3.21. The van der Waals surface area contributed by atoms with Crippen molar-refractivity contribution in [3.63, 3.8) is 0 Å². The third kappa shape index (κ3) is 2.27. The normalized spacial score (nSPS) is 10.7. The molecule has 1 heterocycles. The number of aliphatic hydroxyl groups is 1. The molecule has 0 radical (unpaired) electrons. The monoisotopic (exact) mass is 342 g/mol. The Kier molecular flexibility index (Phi) is 3.37. The Morgan fingerprint density at radius 1 is 1.29 bits per heavy atom. The van der Waals surface area contributed by atoms with Crippen LogP contribution in [0.15, 0.2) is 40.9 Å². The summed E-state index contributed by atoms with van der Waals surface area (Å²) < 4.78 is 2.60. The minimum atomic E-state index is -0.227. The summed E-state index contributed by atoms with van der Waals surface area (Å²) in [5.41, 5.74) is 9.03. The van der Waals surface area contributed by atoms with Crippen LogP contribution in [0.5, 0.6) is 0 Å². The molecule has 0 spiro atoms. The number of aromatic nitrogens is 2. The standard InChI is InChI=1S/C15H11BrN4O/c16-10-1-3-13(9(5-10)7-17)20-14-4-2-11(18)6-12(14)19-15(20)8-21/h1-6,21H,8,18H2. The van der Waals surface area contributed by atoms with E-state index in [1.807, 2.05) is 18.2 Å². The lowest BCUT2D eigenvalue weighted by Crippen LogP contribution is -2.03. The Morgan fingerprint density at radius 2 is 2.10 bits per heavy atom. The van der Waals surface area contributed by atoms with Crippen molar-refractivity contribution in [3.8, 4) is 11.8 Å². The number of aliphatic hydroxyl groups excluding tert-OH is 1. The topological polar surface area (TPSA) is 87.9 Å². The molecule has 0 amide bonds. The second-order valence-corrected chi connectivity index (χ2v) is 5.46. The van der Waals surface area contributed by atoms with Crippen LogP contribution in [0.25, 0.3) is 16.7 Å². The molecule has 21 heavy (non-hydrogen) atoms. The molecule has 1 aromatic heterocycles. The largest absolute Gasteiger partial charge is 0.399 e. The third-order valence-corrected chi connectivity index (χ3v) is 3.70. The summed E-state index contributed by atoms with van der Waals surface area (Å²) in [7, 11) is 0. The fourth-order valence-electron chi connectivity index (χ4n) is 2.31. The van der Waals surface area contributed by atoms with Crippen molar-refractivity contribution >= 4 is 32.7 Å². The summed E-state index contributed by atoms with van der Waals surface area (Å²) in [5.74, 6) is 0.467. The number of nitriles is 1. The molecule has 6 heteroatoms. The second kappa shape index (κ2) is 5.20. The van der Waals surface area contributed by atoms with Gasteiger partial charge < -0.3 is 10.8 Å². The van der Waals surface area contributed by atoms with E-state index in [1.54, 1.807) is 22.8 Å². The lowest BCUT2D eigenvalue weighted by atomic mass is 10.2. The molecule has 0 atom stereocenters. The Hall–Kier alpha value is -2.36. The van der Waals surface area contributed by atoms with Crippen molar-refractivity contribution < 1.29 is 5.11 Å². The molecule has 0 fully saturated rings. The van der Waals surface area contributed by atoms with Crippen molar-refractivity contribution in [2.75, 3.05) is 5.73 Å². The van der Waals surface area contributed by atoms with Crippen LogP contribution in [0.1, 0.15) is 11.4 Å². The van der Waals surface area contributed by atoms with Crippen molar-refractivity contribution in [2.45, 2.75) is 6.61 Å². The number of benzene rings is 2. The number of anilines is 1. The highest BCUT2D eigenvalue weighted by Crippen LogP contribution is 2.27. The molecule has 104 valence electrons. The van der Waals surface area contributed by atoms with Gasteiger partial charge in [0.25, 0.3) is 0 Å². The molecule has 2 aromatic carbocycles. The van der Waals surface area contributed by atoms with Crippen molar-refractivity contribution in [3.05, 3.63) is 52.3 Å². The van der Waals surface area contributed by atoms with Gasteiger partial charge in [-0.2, -0.15) is 5.26 Å². The van der Waals surface area contributed by atoms with Gasteiger partial charge in [-0.1, -0.05) is 15.9 Å². The predicted octanol–water partition coefficient (Wildman–Crippen LogP) is 2.73. The minimum absolute atomic E-state index is 0.227. The predicted molar refractivity (Wildman–Crippen MR) is 83.8 cm³/mol. The summed E-state index contributed by atoms with van der Waals surface area (Å²) >= 11 is 3.35. The number of rotatable bonds is 2. The first-order chi connectivity index (χ1) is 10.1. The van der Waals surface area contributed by atoms with Gasteiger partial charge in [-0.05, 0) is 36.4 Å². The first kappa shape index (κ1) is 13.6. The maximum atomic E-state index is 9.56. The fraction of sp³-hybridized carbons (Fsp3) is 0.0667. The lowest BCUT2D eigenvalue weighted by Gasteiger charge is -2.10. The van der Waals surface area contributed by atoms with Gasteiger partial charge in [0.2, 0.25) is 0 Å². The first-order valence-electron chi connectivity index (χ1n) is 6.22. The highest BCUT2D eigenvalue weighted by atomic mass is 79.9. The number of nitrogens with zero attached hydrogens (tertiary/aromatic N) is 3. The lowest BCUT2D eigenvalue weighted by molar-refractivity contribution is 0.270. The summed E-state index contributed by atoms with van der Waals surface area (Å²) in [6.07, 6.45) is 0. The zero-order chi connectivity index (χ0) is 15.0. The van der Waals surface area contributed by atoms with Gasteiger partial charge in [-0.25, -0.2) is 4.98 Å². The second-order valence-electron chi connectivity index (χ2n) is 4.54. The molecule has 0 aliphatic heterocycles. The van der Waals surface area contributed by atoms with Gasteiger partial charge in [0, 0.05) is 10.2 Å². The zero-order valence-corrected chi connectivity index (χ0v) is 12.5. The quantitative estimate of drug-likeness (QED) is 0.701. The van der Waals surface area contributed by atoms with E-state index in [4.69, 9.17) is 5.73 Å². The Balaban J connectivity index is 2.37. The molecule has 0 aliphatic rings. The molecule has 0 saturated carbocycles. The number of hydrogen-bond acceptors (Lipinski definition) is 4. The van der Waals surface area contributed by atoms with Crippen molar-refractivity contribution in [1.82, 2.24) is 9.55 Å². The minimum Gasteiger partial charge on any atom is -0.399 e. The van der Waals surface area contributed by atoms with Gasteiger partial charge in [0.1, 0.15) is 18.5 Å². The zero-order valence-electron chi connectivity index (χ0n) is 10.9. The van der Waals surface area contributed by atoms with E-state index < -0.39 is 0 Å². The average Bonchev–Trinajstić information content (AvgIpc) is 2.84. The molecule has 0 unspecified atom stereocenters. The van der Waals surface area contributed by atoms with Crippen LogP contribution in [0.4, 0.5) is 5.69 Å². The number of imidazole rings is 1. The summed E-state index contributed by atoms with van der Waals surface area (Å²) in [4.78, 5) is 4.38. The summed E-state index contributed by atoms with van der Waals surface area (Å²) in [6, 6.07) is 12.9. The van der Waals surface area contributed by atoms with E-state index in [-0.39, 0.29) is 6.61 Å². The highest BCUT2D eigenvalue weighted by Gasteiger charge is 2.15. The fourth-order valence-corrected chi connectivity index (χ4v) is 2.68.